The zero-order chi connectivity index (χ0) is 13.9. The molecule has 2 nitrogen and oxygen atoms in total. The third-order valence-electron chi connectivity index (χ3n) is 7.25. The van der Waals surface area contributed by atoms with Crippen molar-refractivity contribution < 1.29 is 9.90 Å². The summed E-state index contributed by atoms with van der Waals surface area (Å²) in [6, 6.07) is 0. The summed E-state index contributed by atoms with van der Waals surface area (Å²) in [4.78, 5) is 11.6. The first kappa shape index (κ1) is 13.1. The summed E-state index contributed by atoms with van der Waals surface area (Å²) in [5, 5.41) is 10.4. The van der Waals surface area contributed by atoms with E-state index in [2.05, 4.69) is 6.92 Å². The van der Waals surface area contributed by atoms with Crippen LogP contribution in [0.4, 0.5) is 0 Å². The van der Waals surface area contributed by atoms with E-state index in [1.165, 1.54) is 31.3 Å². The van der Waals surface area contributed by atoms with E-state index in [1.54, 1.807) is 0 Å². The first-order chi connectivity index (χ1) is 9.59. The van der Waals surface area contributed by atoms with Gasteiger partial charge >= 0.3 is 0 Å². The fourth-order valence-corrected chi connectivity index (χ4v) is 6.15. The molecule has 0 unspecified atom stereocenters. The molecule has 6 atom stereocenters. The molecule has 0 heterocycles. The topological polar surface area (TPSA) is 37.3 Å². The quantitative estimate of drug-likeness (QED) is 0.734. The summed E-state index contributed by atoms with van der Waals surface area (Å²) in [6.07, 6.45) is 10.9. The highest BCUT2D eigenvalue weighted by molar-refractivity contribution is 5.91. The summed E-state index contributed by atoms with van der Waals surface area (Å²) in [6.45, 7) is 2.33. The van der Waals surface area contributed by atoms with Crippen LogP contribution in [0.15, 0.2) is 11.6 Å². The molecule has 0 aromatic carbocycles. The van der Waals surface area contributed by atoms with E-state index in [9.17, 15) is 9.90 Å². The standard InChI is InChI=1S/C18H26O2/c1-18-9-8-14-13-5-3-12(19)10-11(13)2-4-15(14)16(18)6-7-17(18)20/h10,13-17,20H,2-9H2,1H3/t13-,14-,15+,16+,17+,18+/m1/s1. The number of carbonyl (C=O) groups is 1. The molecule has 4 aliphatic rings. The summed E-state index contributed by atoms with van der Waals surface area (Å²) >= 11 is 0. The van der Waals surface area contributed by atoms with Gasteiger partial charge in [-0.1, -0.05) is 12.5 Å². The van der Waals surface area contributed by atoms with Crippen molar-refractivity contribution in [1.29, 1.82) is 0 Å². The number of aliphatic hydroxyl groups excluding tert-OH is 1. The predicted molar refractivity (Wildman–Crippen MR) is 78.1 cm³/mol. The second-order valence-corrected chi connectivity index (χ2v) is 7.94. The zero-order valence-electron chi connectivity index (χ0n) is 12.5. The van der Waals surface area contributed by atoms with Gasteiger partial charge in [0.1, 0.15) is 0 Å². The van der Waals surface area contributed by atoms with Gasteiger partial charge in [0.25, 0.3) is 0 Å². The van der Waals surface area contributed by atoms with Crippen LogP contribution in [0.3, 0.4) is 0 Å². The van der Waals surface area contributed by atoms with Gasteiger partial charge in [0.2, 0.25) is 0 Å². The molecule has 0 amide bonds. The van der Waals surface area contributed by atoms with E-state index < -0.39 is 0 Å². The Morgan fingerprint density at radius 1 is 1.10 bits per heavy atom. The number of rotatable bonds is 0. The summed E-state index contributed by atoms with van der Waals surface area (Å²) < 4.78 is 0. The van der Waals surface area contributed by atoms with Crippen molar-refractivity contribution in [2.24, 2.45) is 29.1 Å². The molecule has 3 saturated carbocycles. The maximum absolute atomic E-state index is 11.6. The molecule has 0 bridgehead atoms. The fraction of sp³-hybridized carbons (Fsp3) is 0.833. The number of hydrogen-bond acceptors (Lipinski definition) is 2. The van der Waals surface area contributed by atoms with Gasteiger partial charge in [-0.05, 0) is 80.1 Å². The second kappa shape index (κ2) is 4.43. The molecule has 0 aliphatic heterocycles. The molecular formula is C18H26O2. The van der Waals surface area contributed by atoms with Gasteiger partial charge in [-0.2, -0.15) is 0 Å². The number of carbonyl (C=O) groups excluding carboxylic acids is 1. The summed E-state index contributed by atoms with van der Waals surface area (Å²) in [5.74, 6) is 3.38. The molecule has 0 saturated heterocycles. The van der Waals surface area contributed by atoms with Crippen molar-refractivity contribution in [3.8, 4) is 0 Å². The maximum atomic E-state index is 11.6. The van der Waals surface area contributed by atoms with E-state index >= 15 is 0 Å². The molecular weight excluding hydrogens is 248 g/mol. The van der Waals surface area contributed by atoms with Crippen molar-refractivity contribution in [3.63, 3.8) is 0 Å². The zero-order valence-corrected chi connectivity index (χ0v) is 12.5. The Hall–Kier alpha value is -0.630. The molecule has 20 heavy (non-hydrogen) atoms. The van der Waals surface area contributed by atoms with Crippen LogP contribution in [0.25, 0.3) is 0 Å². The number of fused-ring (bicyclic) bond motifs is 5. The fourth-order valence-electron chi connectivity index (χ4n) is 6.15. The molecule has 0 spiro atoms. The number of aliphatic hydroxyl groups is 1. The SMILES string of the molecule is C[C@]12CC[C@H]3[C@H](CCC4=CC(=O)CC[C@H]43)[C@@H]1CC[C@@H]2O. The van der Waals surface area contributed by atoms with Crippen molar-refractivity contribution >= 4 is 5.78 Å². The Morgan fingerprint density at radius 3 is 2.80 bits per heavy atom. The van der Waals surface area contributed by atoms with Crippen molar-refractivity contribution in [1.82, 2.24) is 0 Å². The lowest BCUT2D eigenvalue weighted by Gasteiger charge is -2.53. The van der Waals surface area contributed by atoms with Crippen LogP contribution in [0.1, 0.15) is 58.3 Å². The largest absolute Gasteiger partial charge is 0.393 e. The molecule has 1 N–H and O–H groups in total. The average molecular weight is 274 g/mol. The van der Waals surface area contributed by atoms with Crippen LogP contribution in [0, 0.1) is 29.1 Å². The van der Waals surface area contributed by atoms with Gasteiger partial charge in [0.15, 0.2) is 5.78 Å². The third kappa shape index (κ3) is 1.70. The Labute approximate surface area is 121 Å². The van der Waals surface area contributed by atoms with Crippen LogP contribution in [-0.4, -0.2) is 17.0 Å². The van der Waals surface area contributed by atoms with E-state index in [-0.39, 0.29) is 11.5 Å². The first-order valence-corrected chi connectivity index (χ1v) is 8.51. The van der Waals surface area contributed by atoms with Gasteiger partial charge in [-0.15, -0.1) is 0 Å². The Bertz CT molecular complexity index is 466. The van der Waals surface area contributed by atoms with Crippen LogP contribution in [0.5, 0.6) is 0 Å². The molecule has 0 radical (unpaired) electrons. The molecule has 4 aliphatic carbocycles. The highest BCUT2D eigenvalue weighted by atomic mass is 16.3. The Morgan fingerprint density at radius 2 is 1.95 bits per heavy atom. The lowest BCUT2D eigenvalue weighted by molar-refractivity contribution is -0.116. The Balaban J connectivity index is 1.63. The number of ketones is 1. The molecule has 3 fully saturated rings. The summed E-state index contributed by atoms with van der Waals surface area (Å²) in [7, 11) is 0. The van der Waals surface area contributed by atoms with Crippen LogP contribution in [0.2, 0.25) is 0 Å². The molecule has 4 rings (SSSR count). The van der Waals surface area contributed by atoms with Crippen molar-refractivity contribution in [3.05, 3.63) is 11.6 Å². The second-order valence-electron chi connectivity index (χ2n) is 7.94. The minimum atomic E-state index is -0.0710. The summed E-state index contributed by atoms with van der Waals surface area (Å²) in [5.41, 5.74) is 1.65. The van der Waals surface area contributed by atoms with E-state index in [1.807, 2.05) is 6.08 Å². The van der Waals surface area contributed by atoms with Crippen LogP contribution in [-0.2, 0) is 4.79 Å². The smallest absolute Gasteiger partial charge is 0.155 e. The lowest BCUT2D eigenvalue weighted by atomic mass is 9.52. The van der Waals surface area contributed by atoms with Crippen molar-refractivity contribution in [2.75, 3.05) is 0 Å². The first-order valence-electron chi connectivity index (χ1n) is 8.51. The molecule has 0 aromatic heterocycles. The maximum Gasteiger partial charge on any atom is 0.155 e. The molecule has 2 heteroatoms. The highest BCUT2D eigenvalue weighted by Gasteiger charge is 2.55. The van der Waals surface area contributed by atoms with Gasteiger partial charge < -0.3 is 5.11 Å². The normalized spacial score (nSPS) is 51.0. The van der Waals surface area contributed by atoms with Gasteiger partial charge in [0.05, 0.1) is 6.10 Å². The minimum absolute atomic E-state index is 0.0710. The van der Waals surface area contributed by atoms with Crippen LogP contribution >= 0.6 is 0 Å². The molecule has 0 aromatic rings. The third-order valence-corrected chi connectivity index (χ3v) is 7.25. The molecule has 110 valence electrons. The van der Waals surface area contributed by atoms with Crippen molar-refractivity contribution in [2.45, 2.75) is 64.4 Å². The number of hydrogen-bond donors (Lipinski definition) is 1. The monoisotopic (exact) mass is 274 g/mol. The van der Waals surface area contributed by atoms with Crippen LogP contribution < -0.4 is 0 Å². The van der Waals surface area contributed by atoms with Gasteiger partial charge in [-0.25, -0.2) is 0 Å². The van der Waals surface area contributed by atoms with Gasteiger partial charge in [-0.3, -0.25) is 4.79 Å². The minimum Gasteiger partial charge on any atom is -0.393 e. The average Bonchev–Trinajstić information content (AvgIpc) is 2.74. The van der Waals surface area contributed by atoms with E-state index in [0.29, 0.717) is 11.7 Å². The number of allylic oxidation sites excluding steroid dienone is 1. The van der Waals surface area contributed by atoms with Gasteiger partial charge in [0, 0.05) is 6.42 Å². The lowest BCUT2D eigenvalue weighted by Crippen LogP contribution is -2.47. The predicted octanol–water partition coefficient (Wildman–Crippen LogP) is 3.49. The Kier molecular flexibility index (Phi) is 2.89. The highest BCUT2D eigenvalue weighted by Crippen LogP contribution is 2.61. The van der Waals surface area contributed by atoms with E-state index in [0.717, 1.165) is 43.4 Å². The van der Waals surface area contributed by atoms with E-state index in [4.69, 9.17) is 0 Å².